The molecule has 7 nitrogen and oxygen atoms in total. The first-order chi connectivity index (χ1) is 22.1. The van der Waals surface area contributed by atoms with Crippen molar-refractivity contribution in [2.24, 2.45) is 5.92 Å². The van der Waals surface area contributed by atoms with Crippen molar-refractivity contribution < 1.29 is 9.59 Å². The van der Waals surface area contributed by atoms with Crippen LogP contribution in [0.3, 0.4) is 0 Å². The van der Waals surface area contributed by atoms with Crippen molar-refractivity contribution in [1.29, 1.82) is 0 Å². The smallest absolute Gasteiger partial charge is 0.324 e. The number of likely N-dealkylation sites (tertiary alicyclic amines) is 1. The fourth-order valence-electron chi connectivity index (χ4n) is 7.13. The molecule has 7 heteroatoms. The molecule has 2 N–H and O–H groups in total. The van der Waals surface area contributed by atoms with Gasteiger partial charge in [-0.3, -0.25) is 10.1 Å². The molecule has 0 atom stereocenters. The Balaban J connectivity index is 1.11. The van der Waals surface area contributed by atoms with Crippen LogP contribution in [0.1, 0.15) is 81.7 Å². The van der Waals surface area contributed by atoms with E-state index in [0.717, 1.165) is 86.2 Å². The van der Waals surface area contributed by atoms with Crippen LogP contribution in [0.2, 0.25) is 0 Å². The molecule has 2 aliphatic rings. The van der Waals surface area contributed by atoms with Crippen LogP contribution in [0.15, 0.2) is 84.9 Å². The second kappa shape index (κ2) is 13.1. The lowest BCUT2D eigenvalue weighted by Crippen LogP contribution is -2.48. The summed E-state index contributed by atoms with van der Waals surface area (Å²) in [5, 5.41) is 11.0. The third-order valence-electron chi connectivity index (χ3n) is 9.87. The molecule has 240 valence electrons. The van der Waals surface area contributed by atoms with E-state index in [9.17, 15) is 9.59 Å². The molecule has 1 saturated carbocycles. The fourth-order valence-corrected chi connectivity index (χ4v) is 7.13. The lowest BCUT2D eigenvalue weighted by Gasteiger charge is -2.39. The zero-order valence-electron chi connectivity index (χ0n) is 27.7. The van der Waals surface area contributed by atoms with Gasteiger partial charge >= 0.3 is 6.03 Å². The molecule has 2 fully saturated rings. The molecule has 0 unspecified atom stereocenters. The number of carbonyl (C=O) groups excluding carboxylic acids is 2. The van der Waals surface area contributed by atoms with Gasteiger partial charge < -0.3 is 10.2 Å². The highest BCUT2D eigenvalue weighted by molar-refractivity contribution is 6.00. The molecule has 3 aromatic carbocycles. The number of benzene rings is 3. The highest BCUT2D eigenvalue weighted by Gasteiger charge is 2.45. The maximum absolute atomic E-state index is 14.0. The first kappa shape index (κ1) is 31.6. The number of para-hydroxylation sites is 1. The third kappa shape index (κ3) is 6.74. The quantitative estimate of drug-likeness (QED) is 0.219. The summed E-state index contributed by atoms with van der Waals surface area (Å²) in [6.45, 7) is 9.97. The monoisotopic (exact) mass is 617 g/mol. The molecule has 0 bridgehead atoms. The van der Waals surface area contributed by atoms with Crippen molar-refractivity contribution in [2.45, 2.75) is 83.5 Å². The fraction of sp³-hybridized carbons (Fsp3) is 0.410. The highest BCUT2D eigenvalue weighted by Crippen LogP contribution is 2.43. The maximum Gasteiger partial charge on any atom is 0.324 e. The summed E-state index contributed by atoms with van der Waals surface area (Å²) in [5.74, 6) is 1.38. The topological polar surface area (TPSA) is 79.3 Å². The van der Waals surface area contributed by atoms with E-state index < -0.39 is 0 Å². The lowest BCUT2D eigenvalue weighted by molar-refractivity contribution is -0.138. The average molecular weight is 618 g/mol. The van der Waals surface area contributed by atoms with Crippen molar-refractivity contribution in [3.05, 3.63) is 107 Å². The Kier molecular flexibility index (Phi) is 9.03. The lowest BCUT2D eigenvalue weighted by atomic mass is 9.77. The second-order valence-electron chi connectivity index (χ2n) is 14.2. The largest absolute Gasteiger partial charge is 0.342 e. The number of aryl methyl sites for hydroxylation is 1. The number of rotatable bonds is 7. The summed E-state index contributed by atoms with van der Waals surface area (Å²) in [6.07, 6.45) is 6.89. The van der Waals surface area contributed by atoms with Crippen molar-refractivity contribution in [2.75, 3.05) is 23.7 Å². The van der Waals surface area contributed by atoms with Crippen molar-refractivity contribution >= 4 is 23.4 Å². The molecular weight excluding hydrogens is 570 g/mol. The Hall–Kier alpha value is -4.39. The molecule has 4 aromatic rings. The van der Waals surface area contributed by atoms with Gasteiger partial charge in [0.25, 0.3) is 0 Å². The molecule has 3 amide bonds. The van der Waals surface area contributed by atoms with E-state index in [1.807, 2.05) is 54.6 Å². The molecule has 0 spiro atoms. The van der Waals surface area contributed by atoms with Crippen LogP contribution in [0.5, 0.6) is 0 Å². The van der Waals surface area contributed by atoms with Crippen LogP contribution in [0, 0.1) is 12.8 Å². The van der Waals surface area contributed by atoms with Gasteiger partial charge in [-0.2, -0.15) is 5.10 Å². The summed E-state index contributed by atoms with van der Waals surface area (Å²) in [4.78, 5) is 29.5. The van der Waals surface area contributed by atoms with Crippen LogP contribution in [-0.2, 0) is 22.0 Å². The van der Waals surface area contributed by atoms with Crippen LogP contribution in [0.25, 0.3) is 5.69 Å². The molecule has 46 heavy (non-hydrogen) atoms. The minimum atomic E-state index is -0.361. The summed E-state index contributed by atoms with van der Waals surface area (Å²) >= 11 is 0. The number of anilines is 2. The Morgan fingerprint density at radius 2 is 1.52 bits per heavy atom. The van der Waals surface area contributed by atoms with Gasteiger partial charge in [-0.1, -0.05) is 99.8 Å². The Morgan fingerprint density at radius 1 is 0.870 bits per heavy atom. The van der Waals surface area contributed by atoms with Gasteiger partial charge in [0.1, 0.15) is 5.82 Å². The zero-order chi connectivity index (χ0) is 32.3. The molecule has 1 saturated heterocycles. The average Bonchev–Trinajstić information content (AvgIpc) is 3.72. The molecule has 2 heterocycles. The van der Waals surface area contributed by atoms with Gasteiger partial charge in [-0.15, -0.1) is 0 Å². The molecule has 6 rings (SSSR count). The standard InChI is InChI=1S/C39H47N5O2/c1-28-16-18-32(19-17-28)44-35(27-34(42-44)38(2,3)4)41-37(46)40-33-15-9-8-12-30(33)26-29-20-24-43(25-21-29)36(45)39(22-10-11-23-39)31-13-6-5-7-14-31/h5-9,12-19,27,29H,10-11,20-26H2,1-4H3,(H2,40,41,46). The van der Waals surface area contributed by atoms with E-state index in [0.29, 0.717) is 17.6 Å². The number of piperidine rings is 1. The number of carbonyl (C=O) groups is 2. The van der Waals surface area contributed by atoms with Gasteiger partial charge in [0.05, 0.1) is 16.8 Å². The van der Waals surface area contributed by atoms with Crippen LogP contribution < -0.4 is 10.6 Å². The van der Waals surface area contributed by atoms with Crippen molar-refractivity contribution in [3.8, 4) is 5.69 Å². The zero-order valence-corrected chi connectivity index (χ0v) is 27.7. The second-order valence-corrected chi connectivity index (χ2v) is 14.2. The predicted octanol–water partition coefficient (Wildman–Crippen LogP) is 8.42. The number of nitrogens with zero attached hydrogens (tertiary/aromatic N) is 3. The number of hydrogen-bond acceptors (Lipinski definition) is 3. The molecule has 1 aromatic heterocycles. The number of amides is 3. The Morgan fingerprint density at radius 3 is 2.20 bits per heavy atom. The third-order valence-corrected chi connectivity index (χ3v) is 9.87. The van der Waals surface area contributed by atoms with E-state index in [4.69, 9.17) is 5.10 Å². The maximum atomic E-state index is 14.0. The van der Waals surface area contributed by atoms with Gasteiger partial charge in [0.2, 0.25) is 5.91 Å². The van der Waals surface area contributed by atoms with Gasteiger partial charge in [-0.25, -0.2) is 9.48 Å². The van der Waals surface area contributed by atoms with Gasteiger partial charge in [0, 0.05) is 30.3 Å². The first-order valence-electron chi connectivity index (χ1n) is 16.8. The Bertz CT molecular complexity index is 1650. The normalized spacial score (nSPS) is 16.7. The molecule has 0 radical (unpaired) electrons. The molecule has 1 aliphatic carbocycles. The van der Waals surface area contributed by atoms with Gasteiger partial charge in [0.15, 0.2) is 0 Å². The predicted molar refractivity (Wildman–Crippen MR) is 186 cm³/mol. The molecular formula is C39H47N5O2. The summed E-state index contributed by atoms with van der Waals surface area (Å²) in [5.41, 5.74) is 5.52. The molecule has 1 aliphatic heterocycles. The van der Waals surface area contributed by atoms with Crippen molar-refractivity contribution in [3.63, 3.8) is 0 Å². The van der Waals surface area contributed by atoms with Crippen molar-refractivity contribution in [1.82, 2.24) is 14.7 Å². The number of urea groups is 1. The van der Waals surface area contributed by atoms with Crippen LogP contribution in [0.4, 0.5) is 16.3 Å². The van der Waals surface area contributed by atoms with Crippen LogP contribution in [-0.4, -0.2) is 39.7 Å². The van der Waals surface area contributed by atoms with Gasteiger partial charge in [-0.05, 0) is 74.3 Å². The minimum Gasteiger partial charge on any atom is -0.342 e. The van der Waals surface area contributed by atoms with E-state index in [1.165, 1.54) is 5.56 Å². The van der Waals surface area contributed by atoms with E-state index in [-0.39, 0.29) is 16.9 Å². The number of nitrogens with one attached hydrogen (secondary N) is 2. The number of aromatic nitrogens is 2. The summed E-state index contributed by atoms with van der Waals surface area (Å²) in [7, 11) is 0. The van der Waals surface area contributed by atoms with E-state index in [1.54, 1.807) is 4.68 Å². The first-order valence-corrected chi connectivity index (χ1v) is 16.8. The van der Waals surface area contributed by atoms with Crippen LogP contribution >= 0.6 is 0 Å². The summed E-state index contributed by atoms with van der Waals surface area (Å²) in [6, 6.07) is 28.2. The summed E-state index contributed by atoms with van der Waals surface area (Å²) < 4.78 is 1.80. The van der Waals surface area contributed by atoms with E-state index in [2.05, 4.69) is 73.6 Å². The van der Waals surface area contributed by atoms with E-state index >= 15 is 0 Å². The number of hydrogen-bond donors (Lipinski definition) is 2. The highest BCUT2D eigenvalue weighted by atomic mass is 16.2. The Labute approximate surface area is 273 Å². The SMILES string of the molecule is Cc1ccc(-n2nc(C(C)(C)C)cc2NC(=O)Nc2ccccc2CC2CCN(C(=O)C3(c4ccccc4)CCCC3)CC2)cc1. The minimum absolute atomic E-state index is 0.172.